The Morgan fingerprint density at radius 3 is 2.64 bits per heavy atom. The van der Waals surface area contributed by atoms with Crippen molar-refractivity contribution in [3.05, 3.63) is 72.1 Å². The van der Waals surface area contributed by atoms with Crippen LogP contribution in [0.4, 0.5) is 0 Å². The number of methoxy groups -OCH3 is 1. The summed E-state index contributed by atoms with van der Waals surface area (Å²) in [7, 11) is 1.62. The van der Waals surface area contributed by atoms with E-state index >= 15 is 0 Å². The van der Waals surface area contributed by atoms with E-state index in [1.807, 2.05) is 48.5 Å². The van der Waals surface area contributed by atoms with Gasteiger partial charge in [-0.15, -0.1) is 0 Å². The van der Waals surface area contributed by atoms with Gasteiger partial charge in [-0.1, -0.05) is 42.5 Å². The average molecular weight is 292 g/mol. The molecule has 1 heterocycles. The Hall–Kier alpha value is -2.88. The van der Waals surface area contributed by atoms with Crippen molar-refractivity contribution in [2.75, 3.05) is 7.11 Å². The third-order valence-corrected chi connectivity index (χ3v) is 3.50. The molecule has 0 aliphatic rings. The number of fused-ring (bicyclic) bond motifs is 1. The number of ether oxygens (including phenoxy) is 1. The molecule has 0 fully saturated rings. The number of hydrogen-bond donors (Lipinski definition) is 1. The molecule has 22 heavy (non-hydrogen) atoms. The summed E-state index contributed by atoms with van der Waals surface area (Å²) in [6, 6.07) is 17.2. The number of benzene rings is 2. The van der Waals surface area contributed by atoms with Crippen LogP contribution in [0, 0.1) is 0 Å². The van der Waals surface area contributed by atoms with Crippen molar-refractivity contribution in [2.45, 2.75) is 6.54 Å². The topological polar surface area (TPSA) is 51.2 Å². The van der Waals surface area contributed by atoms with Crippen molar-refractivity contribution in [1.29, 1.82) is 0 Å². The van der Waals surface area contributed by atoms with Crippen molar-refractivity contribution in [3.8, 4) is 5.75 Å². The molecule has 0 atom stereocenters. The highest BCUT2D eigenvalue weighted by molar-refractivity contribution is 5.96. The molecule has 0 bridgehead atoms. The molecule has 0 spiro atoms. The molecule has 2 aromatic carbocycles. The van der Waals surface area contributed by atoms with Crippen molar-refractivity contribution in [3.63, 3.8) is 0 Å². The normalized spacial score (nSPS) is 10.4. The number of para-hydroxylation sites is 1. The number of nitrogens with one attached hydrogen (secondary N) is 1. The maximum atomic E-state index is 12.2. The molecule has 0 aliphatic heterocycles. The van der Waals surface area contributed by atoms with Crippen LogP contribution in [0.1, 0.15) is 16.1 Å². The zero-order valence-electron chi connectivity index (χ0n) is 12.2. The zero-order chi connectivity index (χ0) is 15.4. The molecule has 1 N–H and O–H groups in total. The molecular weight excluding hydrogens is 276 g/mol. The van der Waals surface area contributed by atoms with E-state index in [9.17, 15) is 4.79 Å². The van der Waals surface area contributed by atoms with Crippen LogP contribution in [0.3, 0.4) is 0 Å². The Morgan fingerprint density at radius 2 is 1.82 bits per heavy atom. The fourth-order valence-corrected chi connectivity index (χ4v) is 2.32. The van der Waals surface area contributed by atoms with Gasteiger partial charge in [0.1, 0.15) is 11.4 Å². The minimum atomic E-state index is -0.198. The molecule has 0 saturated heterocycles. The Balaban J connectivity index is 1.75. The van der Waals surface area contributed by atoms with Gasteiger partial charge in [-0.05, 0) is 17.5 Å². The average Bonchev–Trinajstić information content (AvgIpc) is 2.59. The third-order valence-electron chi connectivity index (χ3n) is 3.50. The van der Waals surface area contributed by atoms with Crippen LogP contribution < -0.4 is 10.1 Å². The summed E-state index contributed by atoms with van der Waals surface area (Å²) in [6.07, 6.45) is 1.72. The van der Waals surface area contributed by atoms with E-state index in [2.05, 4.69) is 10.3 Å². The Morgan fingerprint density at radius 1 is 1.09 bits per heavy atom. The highest BCUT2D eigenvalue weighted by Crippen LogP contribution is 2.17. The minimum Gasteiger partial charge on any atom is -0.496 e. The molecule has 4 heteroatoms. The smallest absolute Gasteiger partial charge is 0.270 e. The first kappa shape index (κ1) is 14.1. The molecule has 110 valence electrons. The molecule has 0 aliphatic carbocycles. The second-order valence-electron chi connectivity index (χ2n) is 4.91. The molecule has 4 nitrogen and oxygen atoms in total. The first-order valence-corrected chi connectivity index (χ1v) is 7.03. The van der Waals surface area contributed by atoms with Gasteiger partial charge in [0.15, 0.2) is 0 Å². The number of carbonyl (C=O) groups excluding carboxylic acids is 1. The SMILES string of the molecule is COc1ccccc1CNC(=O)c1cc2ccccc2cn1. The number of carbonyl (C=O) groups is 1. The minimum absolute atomic E-state index is 0.198. The van der Waals surface area contributed by atoms with E-state index in [4.69, 9.17) is 4.74 Å². The summed E-state index contributed by atoms with van der Waals surface area (Å²) in [5.41, 5.74) is 1.34. The summed E-state index contributed by atoms with van der Waals surface area (Å²) in [4.78, 5) is 16.5. The number of nitrogens with zero attached hydrogens (tertiary/aromatic N) is 1. The van der Waals surface area contributed by atoms with Crippen molar-refractivity contribution in [1.82, 2.24) is 10.3 Å². The molecule has 0 unspecified atom stereocenters. The van der Waals surface area contributed by atoms with Gasteiger partial charge >= 0.3 is 0 Å². The Bertz CT molecular complexity index is 815. The van der Waals surface area contributed by atoms with E-state index in [1.54, 1.807) is 19.4 Å². The van der Waals surface area contributed by atoms with Crippen LogP contribution in [0.5, 0.6) is 5.75 Å². The maximum absolute atomic E-state index is 12.2. The standard InChI is InChI=1S/C18H16N2O2/c1-22-17-9-5-4-8-15(17)12-20-18(21)16-10-13-6-2-3-7-14(13)11-19-16/h2-11H,12H2,1H3,(H,20,21). The largest absolute Gasteiger partial charge is 0.496 e. The lowest BCUT2D eigenvalue weighted by Gasteiger charge is -2.09. The van der Waals surface area contributed by atoms with Gasteiger partial charge in [-0.25, -0.2) is 0 Å². The van der Waals surface area contributed by atoms with E-state index in [-0.39, 0.29) is 5.91 Å². The number of pyridine rings is 1. The van der Waals surface area contributed by atoms with E-state index < -0.39 is 0 Å². The molecular formula is C18H16N2O2. The summed E-state index contributed by atoms with van der Waals surface area (Å²) < 4.78 is 5.27. The lowest BCUT2D eigenvalue weighted by molar-refractivity contribution is 0.0946. The summed E-state index contributed by atoms with van der Waals surface area (Å²) >= 11 is 0. The number of amides is 1. The quantitative estimate of drug-likeness (QED) is 0.803. The molecule has 1 amide bonds. The highest BCUT2D eigenvalue weighted by atomic mass is 16.5. The van der Waals surface area contributed by atoms with Crippen molar-refractivity contribution >= 4 is 16.7 Å². The van der Waals surface area contributed by atoms with Gasteiger partial charge in [0, 0.05) is 23.7 Å². The highest BCUT2D eigenvalue weighted by Gasteiger charge is 2.09. The van der Waals surface area contributed by atoms with E-state index in [0.29, 0.717) is 12.2 Å². The zero-order valence-corrected chi connectivity index (χ0v) is 12.2. The van der Waals surface area contributed by atoms with Crippen LogP contribution in [-0.4, -0.2) is 18.0 Å². The van der Waals surface area contributed by atoms with Crippen LogP contribution in [0.15, 0.2) is 60.8 Å². The third kappa shape index (κ3) is 2.91. The predicted molar refractivity (Wildman–Crippen MR) is 85.9 cm³/mol. The molecule has 0 saturated carbocycles. The van der Waals surface area contributed by atoms with Crippen LogP contribution in [0.25, 0.3) is 10.8 Å². The molecule has 3 aromatic rings. The number of rotatable bonds is 4. The van der Waals surface area contributed by atoms with Crippen molar-refractivity contribution in [2.24, 2.45) is 0 Å². The summed E-state index contributed by atoms with van der Waals surface area (Å²) in [5.74, 6) is 0.561. The first-order chi connectivity index (χ1) is 10.8. The van der Waals surface area contributed by atoms with Crippen LogP contribution in [0.2, 0.25) is 0 Å². The fourth-order valence-electron chi connectivity index (χ4n) is 2.32. The van der Waals surface area contributed by atoms with Gasteiger partial charge in [0.2, 0.25) is 0 Å². The Labute approximate surface area is 128 Å². The summed E-state index contributed by atoms with van der Waals surface area (Å²) in [6.45, 7) is 0.400. The lowest BCUT2D eigenvalue weighted by atomic mass is 10.1. The van der Waals surface area contributed by atoms with Gasteiger partial charge < -0.3 is 10.1 Å². The second-order valence-corrected chi connectivity index (χ2v) is 4.91. The van der Waals surface area contributed by atoms with E-state index in [0.717, 1.165) is 22.1 Å². The van der Waals surface area contributed by atoms with Gasteiger partial charge in [0.05, 0.1) is 7.11 Å². The van der Waals surface area contributed by atoms with Gasteiger partial charge in [-0.3, -0.25) is 9.78 Å². The molecule has 3 rings (SSSR count). The predicted octanol–water partition coefficient (Wildman–Crippen LogP) is 3.17. The fraction of sp³-hybridized carbons (Fsp3) is 0.111. The Kier molecular flexibility index (Phi) is 4.01. The maximum Gasteiger partial charge on any atom is 0.270 e. The van der Waals surface area contributed by atoms with Gasteiger partial charge in [-0.2, -0.15) is 0 Å². The summed E-state index contributed by atoms with van der Waals surface area (Å²) in [5, 5.41) is 4.89. The monoisotopic (exact) mass is 292 g/mol. The van der Waals surface area contributed by atoms with Crippen molar-refractivity contribution < 1.29 is 9.53 Å². The first-order valence-electron chi connectivity index (χ1n) is 7.03. The molecule has 0 radical (unpaired) electrons. The van der Waals surface area contributed by atoms with Crippen LogP contribution in [-0.2, 0) is 6.54 Å². The second kappa shape index (κ2) is 6.26. The van der Waals surface area contributed by atoms with E-state index in [1.165, 1.54) is 0 Å². The number of hydrogen-bond acceptors (Lipinski definition) is 3. The lowest BCUT2D eigenvalue weighted by Crippen LogP contribution is -2.24. The molecule has 1 aromatic heterocycles. The van der Waals surface area contributed by atoms with Gasteiger partial charge in [0.25, 0.3) is 5.91 Å². The van der Waals surface area contributed by atoms with Crippen LogP contribution >= 0.6 is 0 Å². The number of aromatic nitrogens is 1.